The third-order valence-electron chi connectivity index (χ3n) is 2.98. The number of rotatable bonds is 7. The molecule has 0 saturated carbocycles. The molecule has 9 heteroatoms. The van der Waals surface area contributed by atoms with Crippen LogP contribution in [0, 0.1) is 0 Å². The number of nitrogens with zero attached hydrogens (tertiary/aromatic N) is 1. The van der Waals surface area contributed by atoms with Crippen molar-refractivity contribution in [1.29, 1.82) is 0 Å². The zero-order valence-electron chi connectivity index (χ0n) is 12.6. The summed E-state index contributed by atoms with van der Waals surface area (Å²) >= 11 is 11.6. The summed E-state index contributed by atoms with van der Waals surface area (Å²) in [5.41, 5.74) is -0.0175. The third kappa shape index (κ3) is 4.39. The topological polar surface area (TPSA) is 102 Å². The summed E-state index contributed by atoms with van der Waals surface area (Å²) in [4.78, 5) is 26.9. The van der Waals surface area contributed by atoms with E-state index in [9.17, 15) is 9.59 Å². The van der Waals surface area contributed by atoms with E-state index < -0.39 is 11.9 Å². The molecule has 2 rings (SSSR count). The van der Waals surface area contributed by atoms with E-state index in [4.69, 9.17) is 37.5 Å². The molecule has 0 aromatic carbocycles. The Morgan fingerprint density at radius 1 is 1.38 bits per heavy atom. The number of carbonyl (C=O) groups is 2. The number of halogens is 2. The predicted molar refractivity (Wildman–Crippen MR) is 87.1 cm³/mol. The third-order valence-corrected chi connectivity index (χ3v) is 3.46. The van der Waals surface area contributed by atoms with E-state index in [2.05, 4.69) is 10.3 Å². The quantitative estimate of drug-likeness (QED) is 0.724. The highest BCUT2D eigenvalue weighted by atomic mass is 35.5. The fourth-order valence-electron chi connectivity index (χ4n) is 1.89. The summed E-state index contributed by atoms with van der Waals surface area (Å²) in [6.07, 6.45) is 1.77. The van der Waals surface area contributed by atoms with Gasteiger partial charge in [0.25, 0.3) is 5.91 Å². The number of furan rings is 1. The van der Waals surface area contributed by atoms with Crippen LogP contribution in [0.2, 0.25) is 10.0 Å². The van der Waals surface area contributed by atoms with Gasteiger partial charge in [0, 0.05) is 18.7 Å². The Morgan fingerprint density at radius 3 is 2.71 bits per heavy atom. The molecule has 1 amide bonds. The number of aromatic carboxylic acids is 1. The molecule has 2 heterocycles. The van der Waals surface area contributed by atoms with E-state index in [0.717, 1.165) is 0 Å². The maximum atomic E-state index is 12.0. The number of hydrogen-bond donors (Lipinski definition) is 2. The van der Waals surface area contributed by atoms with Gasteiger partial charge in [-0.2, -0.15) is 0 Å². The number of carboxylic acids is 1. The van der Waals surface area contributed by atoms with Crippen LogP contribution in [0.25, 0.3) is 0 Å². The lowest BCUT2D eigenvalue weighted by Crippen LogP contribution is -2.27. The minimum Gasteiger partial charge on any atom is -0.478 e. The fraction of sp³-hybridized carbons (Fsp3) is 0.267. The number of aromatic nitrogens is 1. The molecule has 0 radical (unpaired) electrons. The maximum absolute atomic E-state index is 12.0. The van der Waals surface area contributed by atoms with Gasteiger partial charge in [-0.1, -0.05) is 30.1 Å². The summed E-state index contributed by atoms with van der Waals surface area (Å²) < 4.78 is 10.6. The fourth-order valence-corrected chi connectivity index (χ4v) is 2.33. The Morgan fingerprint density at radius 2 is 2.12 bits per heavy atom. The predicted octanol–water partition coefficient (Wildman–Crippen LogP) is 3.05. The summed E-state index contributed by atoms with van der Waals surface area (Å²) in [6.45, 7) is 2.01. The van der Waals surface area contributed by atoms with Gasteiger partial charge in [0.15, 0.2) is 5.76 Å². The van der Waals surface area contributed by atoms with E-state index in [0.29, 0.717) is 11.4 Å². The number of pyridine rings is 1. The van der Waals surface area contributed by atoms with Gasteiger partial charge >= 0.3 is 5.97 Å². The van der Waals surface area contributed by atoms with Crippen LogP contribution in [0.5, 0.6) is 5.88 Å². The Bertz CT molecular complexity index is 760. The van der Waals surface area contributed by atoms with Gasteiger partial charge in [0.1, 0.15) is 23.0 Å². The monoisotopic (exact) mass is 372 g/mol. The first-order valence-electron chi connectivity index (χ1n) is 7.00. The molecule has 0 spiro atoms. The van der Waals surface area contributed by atoms with Gasteiger partial charge in [-0.15, -0.1) is 0 Å². The van der Waals surface area contributed by atoms with Gasteiger partial charge in [-0.05, 0) is 6.07 Å². The van der Waals surface area contributed by atoms with E-state index in [1.54, 1.807) is 6.92 Å². The molecule has 0 aliphatic rings. The first kappa shape index (κ1) is 18.1. The van der Waals surface area contributed by atoms with Crippen molar-refractivity contribution >= 4 is 35.1 Å². The number of hydrogen-bond acceptors (Lipinski definition) is 5. The lowest BCUT2D eigenvalue weighted by molar-refractivity contribution is 0.0694. The summed E-state index contributed by atoms with van der Waals surface area (Å²) in [5, 5.41) is 12.2. The van der Waals surface area contributed by atoms with Gasteiger partial charge in [0.2, 0.25) is 5.88 Å². The molecule has 2 N–H and O–H groups in total. The largest absolute Gasteiger partial charge is 0.478 e. The molecule has 0 saturated heterocycles. The zero-order chi connectivity index (χ0) is 17.7. The van der Waals surface area contributed by atoms with Crippen molar-refractivity contribution in [3.05, 3.63) is 45.5 Å². The number of carbonyl (C=O) groups excluding carboxylic acids is 1. The molecule has 0 unspecified atom stereocenters. The number of ether oxygens (including phenoxy) is 1. The van der Waals surface area contributed by atoms with Gasteiger partial charge in [-0.25, -0.2) is 9.78 Å². The second-order valence-electron chi connectivity index (χ2n) is 4.65. The SMILES string of the molecule is CCc1oc(C(=O)NCCOc2ncc(Cl)cc2Cl)cc1C(=O)O. The van der Waals surface area contributed by atoms with Crippen LogP contribution in [0.4, 0.5) is 0 Å². The summed E-state index contributed by atoms with van der Waals surface area (Å²) in [5.74, 6) is -1.28. The lowest BCUT2D eigenvalue weighted by Gasteiger charge is -2.07. The Hall–Kier alpha value is -2.25. The Kier molecular flexibility index (Phi) is 6.05. The van der Waals surface area contributed by atoms with Crippen LogP contribution in [0.1, 0.15) is 33.6 Å². The van der Waals surface area contributed by atoms with Crippen LogP contribution < -0.4 is 10.1 Å². The summed E-state index contributed by atoms with van der Waals surface area (Å²) in [7, 11) is 0. The van der Waals surface area contributed by atoms with Crippen molar-refractivity contribution in [2.75, 3.05) is 13.2 Å². The van der Waals surface area contributed by atoms with Gasteiger partial charge < -0.3 is 19.6 Å². The van der Waals surface area contributed by atoms with E-state index in [1.807, 2.05) is 0 Å². The number of aryl methyl sites for hydroxylation is 1. The van der Waals surface area contributed by atoms with Gasteiger partial charge in [0.05, 0.1) is 11.6 Å². The minimum absolute atomic E-state index is 0.0175. The van der Waals surface area contributed by atoms with Crippen molar-refractivity contribution < 1.29 is 23.8 Å². The summed E-state index contributed by atoms with van der Waals surface area (Å²) in [6, 6.07) is 2.70. The molecule has 128 valence electrons. The molecule has 0 fully saturated rings. The molecule has 2 aromatic heterocycles. The first-order chi connectivity index (χ1) is 11.4. The van der Waals surface area contributed by atoms with Crippen molar-refractivity contribution in [3.8, 4) is 5.88 Å². The average Bonchev–Trinajstić information content (AvgIpc) is 2.97. The molecule has 24 heavy (non-hydrogen) atoms. The van der Waals surface area contributed by atoms with E-state index >= 15 is 0 Å². The Balaban J connectivity index is 1.88. The second kappa shape index (κ2) is 8.03. The molecule has 2 aromatic rings. The average molecular weight is 373 g/mol. The van der Waals surface area contributed by atoms with Crippen molar-refractivity contribution in [1.82, 2.24) is 10.3 Å². The smallest absolute Gasteiger partial charge is 0.339 e. The van der Waals surface area contributed by atoms with Crippen LogP contribution in [0.15, 0.2) is 22.7 Å². The number of nitrogens with one attached hydrogen (secondary N) is 1. The highest BCUT2D eigenvalue weighted by Crippen LogP contribution is 2.24. The van der Waals surface area contributed by atoms with Crippen molar-refractivity contribution in [3.63, 3.8) is 0 Å². The lowest BCUT2D eigenvalue weighted by atomic mass is 10.2. The van der Waals surface area contributed by atoms with Crippen molar-refractivity contribution in [2.24, 2.45) is 0 Å². The van der Waals surface area contributed by atoms with Crippen LogP contribution >= 0.6 is 23.2 Å². The maximum Gasteiger partial charge on any atom is 0.339 e. The molecule has 7 nitrogen and oxygen atoms in total. The highest BCUT2D eigenvalue weighted by molar-refractivity contribution is 6.35. The van der Waals surface area contributed by atoms with Crippen molar-refractivity contribution in [2.45, 2.75) is 13.3 Å². The molecular formula is C15H14Cl2N2O5. The molecule has 0 aliphatic carbocycles. The van der Waals surface area contributed by atoms with Crippen LogP contribution in [-0.2, 0) is 6.42 Å². The molecule has 0 bridgehead atoms. The number of carboxylic acid groups (broad SMARTS) is 1. The Labute approximate surface area is 147 Å². The van der Waals surface area contributed by atoms with Gasteiger partial charge in [-0.3, -0.25) is 4.79 Å². The molecule has 0 aliphatic heterocycles. The van der Waals surface area contributed by atoms with Crippen LogP contribution in [0.3, 0.4) is 0 Å². The van der Waals surface area contributed by atoms with Crippen LogP contribution in [-0.4, -0.2) is 35.1 Å². The molecule has 0 atom stereocenters. The minimum atomic E-state index is -1.14. The first-order valence-corrected chi connectivity index (χ1v) is 7.76. The second-order valence-corrected chi connectivity index (χ2v) is 5.49. The standard InChI is InChI=1S/C15H14Cl2N2O5/c1-2-11-9(15(21)22)6-12(24-11)13(20)18-3-4-23-14-10(17)5-8(16)7-19-14/h5-7H,2-4H2,1H3,(H,18,20)(H,21,22). The number of amides is 1. The van der Waals surface area contributed by atoms with E-state index in [-0.39, 0.29) is 41.1 Å². The molecular weight excluding hydrogens is 359 g/mol. The highest BCUT2D eigenvalue weighted by Gasteiger charge is 2.19. The normalized spacial score (nSPS) is 10.5. The zero-order valence-corrected chi connectivity index (χ0v) is 14.1. The van der Waals surface area contributed by atoms with E-state index in [1.165, 1.54) is 18.3 Å².